The number of benzene rings is 8. The van der Waals surface area contributed by atoms with Crippen LogP contribution in [0.2, 0.25) is 0 Å². The second kappa shape index (κ2) is 12.7. The highest BCUT2D eigenvalue weighted by atomic mass is 16.3. The monoisotopic (exact) mass is 761 g/mol. The van der Waals surface area contributed by atoms with Crippen LogP contribution < -0.4 is 0 Å². The summed E-state index contributed by atoms with van der Waals surface area (Å²) in [4.78, 5) is 15.9. The summed E-state index contributed by atoms with van der Waals surface area (Å²) in [6.07, 6.45) is 0. The molecule has 11 aromatic rings. The van der Waals surface area contributed by atoms with E-state index in [9.17, 15) is 0 Å². The Hall–Kier alpha value is -7.63. The Morgan fingerprint density at radius 3 is 1.92 bits per heavy atom. The molecule has 12 rings (SSSR count). The SMILES string of the molecule is [2H]c1c([2H])c([2H])c(-c2ccc3oc4c(-c5nc(-c6ccccc6)nc(-c6cccc7c6C(C)(C)c6ccccc6-7)n5)cc(-n5c6ccccc6c6ccccc65)cc4c3c2)c([2H])c1[2H]. The maximum absolute atomic E-state index is 8.80. The molecule has 278 valence electrons. The van der Waals surface area contributed by atoms with E-state index in [-0.39, 0.29) is 35.1 Å². The molecule has 0 atom stereocenters. The zero-order valence-corrected chi connectivity index (χ0v) is 32.1. The summed E-state index contributed by atoms with van der Waals surface area (Å²) in [5, 5.41) is 3.67. The van der Waals surface area contributed by atoms with Gasteiger partial charge in [-0.1, -0.05) is 159 Å². The van der Waals surface area contributed by atoms with E-state index in [2.05, 4.69) is 109 Å². The number of fused-ring (bicyclic) bond motifs is 9. The smallest absolute Gasteiger partial charge is 0.167 e. The van der Waals surface area contributed by atoms with E-state index < -0.39 is 6.04 Å². The lowest BCUT2D eigenvalue weighted by Gasteiger charge is -2.24. The number of rotatable bonds is 5. The van der Waals surface area contributed by atoms with Crippen LogP contribution >= 0.6 is 0 Å². The van der Waals surface area contributed by atoms with E-state index in [0.29, 0.717) is 45.2 Å². The highest BCUT2D eigenvalue weighted by Crippen LogP contribution is 2.52. The molecule has 0 unspecified atom stereocenters. The van der Waals surface area contributed by atoms with Crippen LogP contribution in [0.4, 0.5) is 0 Å². The molecule has 0 amide bonds. The first-order valence-electron chi connectivity index (χ1n) is 22.2. The lowest BCUT2D eigenvalue weighted by Crippen LogP contribution is -2.17. The third-order valence-corrected chi connectivity index (χ3v) is 11.9. The van der Waals surface area contributed by atoms with Crippen LogP contribution in [0.15, 0.2) is 186 Å². The molecule has 1 aliphatic rings. The molecule has 1 aliphatic carbocycles. The summed E-state index contributed by atoms with van der Waals surface area (Å²) in [6, 6.07) is 49.4. The topological polar surface area (TPSA) is 56.7 Å². The van der Waals surface area contributed by atoms with Gasteiger partial charge in [0.1, 0.15) is 11.2 Å². The number of hydrogen-bond donors (Lipinski definition) is 0. The van der Waals surface area contributed by atoms with Crippen molar-refractivity contribution < 1.29 is 11.3 Å². The number of para-hydroxylation sites is 2. The molecule has 59 heavy (non-hydrogen) atoms. The molecule has 0 saturated carbocycles. The Kier molecular flexibility index (Phi) is 6.18. The van der Waals surface area contributed by atoms with Crippen LogP contribution in [0.3, 0.4) is 0 Å². The zero-order valence-electron chi connectivity index (χ0n) is 37.1. The number of hydrogen-bond acceptors (Lipinski definition) is 4. The van der Waals surface area contributed by atoms with Crippen LogP contribution in [0.25, 0.3) is 106 Å². The summed E-state index contributed by atoms with van der Waals surface area (Å²) in [7, 11) is 0. The largest absolute Gasteiger partial charge is 0.455 e. The van der Waals surface area contributed by atoms with Crippen molar-refractivity contribution in [2.24, 2.45) is 0 Å². The molecule has 0 radical (unpaired) electrons. The molecule has 3 aromatic heterocycles. The maximum Gasteiger partial charge on any atom is 0.167 e. The molecule has 0 saturated heterocycles. The molecular formula is C54H36N4O. The van der Waals surface area contributed by atoms with Gasteiger partial charge in [0, 0.05) is 43.8 Å². The van der Waals surface area contributed by atoms with Crippen molar-refractivity contribution in [1.29, 1.82) is 0 Å². The van der Waals surface area contributed by atoms with Gasteiger partial charge < -0.3 is 8.98 Å². The molecular weight excluding hydrogens is 721 g/mol. The minimum atomic E-state index is -0.436. The third kappa shape index (κ3) is 5.08. The minimum absolute atomic E-state index is 0.121. The van der Waals surface area contributed by atoms with Gasteiger partial charge in [-0.05, 0) is 69.8 Å². The molecule has 0 fully saturated rings. The van der Waals surface area contributed by atoms with Crippen LogP contribution in [-0.2, 0) is 5.41 Å². The molecule has 5 nitrogen and oxygen atoms in total. The Morgan fingerprint density at radius 1 is 0.492 bits per heavy atom. The van der Waals surface area contributed by atoms with Gasteiger partial charge >= 0.3 is 0 Å². The molecule has 8 aromatic carbocycles. The van der Waals surface area contributed by atoms with Gasteiger partial charge in [-0.25, -0.2) is 15.0 Å². The van der Waals surface area contributed by atoms with Gasteiger partial charge in [-0.15, -0.1) is 0 Å². The highest BCUT2D eigenvalue weighted by molar-refractivity contribution is 6.13. The molecule has 3 heterocycles. The van der Waals surface area contributed by atoms with Crippen molar-refractivity contribution >= 4 is 43.7 Å². The molecule has 0 N–H and O–H groups in total. The van der Waals surface area contributed by atoms with Crippen molar-refractivity contribution in [2.75, 3.05) is 0 Å². The first-order valence-corrected chi connectivity index (χ1v) is 19.7. The summed E-state index contributed by atoms with van der Waals surface area (Å²) < 4.78 is 51.8. The van der Waals surface area contributed by atoms with E-state index in [1.165, 1.54) is 11.1 Å². The van der Waals surface area contributed by atoms with E-state index in [0.717, 1.165) is 55.1 Å². The van der Waals surface area contributed by atoms with Gasteiger partial charge in [0.15, 0.2) is 17.5 Å². The van der Waals surface area contributed by atoms with Gasteiger partial charge in [0.25, 0.3) is 0 Å². The number of nitrogens with zero attached hydrogens (tertiary/aromatic N) is 4. The predicted octanol–water partition coefficient (Wildman–Crippen LogP) is 13.8. The average molecular weight is 762 g/mol. The predicted molar refractivity (Wildman–Crippen MR) is 241 cm³/mol. The van der Waals surface area contributed by atoms with Crippen LogP contribution in [0.5, 0.6) is 0 Å². The van der Waals surface area contributed by atoms with Crippen LogP contribution in [0.1, 0.15) is 31.8 Å². The second-order valence-corrected chi connectivity index (χ2v) is 15.6. The minimum Gasteiger partial charge on any atom is -0.455 e. The van der Waals surface area contributed by atoms with Gasteiger partial charge in [-0.3, -0.25) is 0 Å². The lowest BCUT2D eigenvalue weighted by atomic mass is 9.80. The third-order valence-electron chi connectivity index (χ3n) is 11.9. The fourth-order valence-electron chi connectivity index (χ4n) is 9.28. The van der Waals surface area contributed by atoms with Crippen LogP contribution in [-0.4, -0.2) is 19.5 Å². The maximum atomic E-state index is 8.80. The Labute approximate surface area is 347 Å². The first-order chi connectivity index (χ1) is 31.1. The van der Waals surface area contributed by atoms with Crippen molar-refractivity contribution in [2.45, 2.75) is 19.3 Å². The lowest BCUT2D eigenvalue weighted by molar-refractivity contribution is 0.661. The fourth-order valence-corrected chi connectivity index (χ4v) is 9.28. The summed E-state index contributed by atoms with van der Waals surface area (Å²) in [5.41, 5.74) is 11.4. The Morgan fingerprint density at radius 2 is 1.14 bits per heavy atom. The molecule has 0 bridgehead atoms. The quantitative estimate of drug-likeness (QED) is 0.175. The van der Waals surface area contributed by atoms with Crippen molar-refractivity contribution in [1.82, 2.24) is 19.5 Å². The molecule has 5 heteroatoms. The first kappa shape index (κ1) is 28.7. The fraction of sp³-hybridized carbons (Fsp3) is 0.0556. The van der Waals surface area contributed by atoms with Crippen molar-refractivity contribution in [3.8, 4) is 62.1 Å². The van der Waals surface area contributed by atoms with Crippen molar-refractivity contribution in [3.63, 3.8) is 0 Å². The molecule has 0 aliphatic heterocycles. The van der Waals surface area contributed by atoms with E-state index in [1.807, 2.05) is 48.5 Å². The summed E-state index contributed by atoms with van der Waals surface area (Å²) >= 11 is 0. The Bertz CT molecular complexity index is 3700. The van der Waals surface area contributed by atoms with Gasteiger partial charge in [0.05, 0.1) is 23.5 Å². The van der Waals surface area contributed by atoms with Gasteiger partial charge in [0.2, 0.25) is 0 Å². The van der Waals surface area contributed by atoms with E-state index in [1.54, 1.807) is 12.1 Å². The molecule has 0 spiro atoms. The standard InChI is InChI=1S/C54H36N4O/c1-54(2)45-25-12-9-20-37(45)40-23-15-24-41(49(40)54)52-55-51(34-18-7-4-8-19-34)56-53(57-52)44-32-36(58-46-26-13-10-21-38(46)39-22-11-14-27-47(39)58)31-43-42-30-35(33-16-5-3-6-17-33)28-29-48(42)59-50(43)44/h3-32H,1-2H3/i3D,5D,6D,16D,17D. The van der Waals surface area contributed by atoms with Crippen molar-refractivity contribution in [3.05, 3.63) is 193 Å². The average Bonchev–Trinajstić information content (AvgIpc) is 3.95. The number of aromatic nitrogens is 4. The Balaban J connectivity index is 1.18. The highest BCUT2D eigenvalue weighted by Gasteiger charge is 2.38. The van der Waals surface area contributed by atoms with E-state index >= 15 is 0 Å². The normalized spacial score (nSPS) is 14.2. The van der Waals surface area contributed by atoms with Crippen LogP contribution in [0, 0.1) is 0 Å². The van der Waals surface area contributed by atoms with E-state index in [4.69, 9.17) is 26.2 Å². The second-order valence-electron chi connectivity index (χ2n) is 15.6. The summed E-state index contributed by atoms with van der Waals surface area (Å²) in [6.45, 7) is 4.51. The number of furan rings is 1. The van der Waals surface area contributed by atoms with Gasteiger partial charge in [-0.2, -0.15) is 0 Å². The summed E-state index contributed by atoms with van der Waals surface area (Å²) in [5.74, 6) is 1.48. The zero-order chi connectivity index (χ0) is 43.6.